The molecule has 84 valence electrons. The van der Waals surface area contributed by atoms with Crippen molar-refractivity contribution in [2.75, 3.05) is 19.3 Å². The van der Waals surface area contributed by atoms with E-state index in [0.29, 0.717) is 6.42 Å². The Morgan fingerprint density at radius 3 is 2.88 bits per heavy atom. The second kappa shape index (κ2) is 5.16. The van der Waals surface area contributed by atoms with Crippen molar-refractivity contribution in [3.8, 4) is 0 Å². The van der Waals surface area contributed by atoms with E-state index in [9.17, 15) is 4.79 Å². The zero-order valence-electron chi connectivity index (χ0n) is 9.22. The van der Waals surface area contributed by atoms with Crippen molar-refractivity contribution in [2.45, 2.75) is 6.42 Å². The van der Waals surface area contributed by atoms with Crippen molar-refractivity contribution in [1.82, 2.24) is 4.90 Å². The molecule has 1 aliphatic rings. The number of amides is 1. The van der Waals surface area contributed by atoms with Crippen LogP contribution in [0.15, 0.2) is 35.3 Å². The zero-order chi connectivity index (χ0) is 11.4. The van der Waals surface area contributed by atoms with Gasteiger partial charge in [0.2, 0.25) is 5.91 Å². The molecule has 0 aliphatic carbocycles. The molecule has 0 aromatic heterocycles. The van der Waals surface area contributed by atoms with Crippen LogP contribution in [0.25, 0.3) is 0 Å². The molecule has 3 nitrogen and oxygen atoms in total. The summed E-state index contributed by atoms with van der Waals surface area (Å²) in [5, 5.41) is 0.848. The lowest BCUT2D eigenvalue weighted by atomic mass is 10.1. The maximum Gasteiger partial charge on any atom is 0.233 e. The number of amidine groups is 1. The molecule has 1 amide bonds. The molecule has 1 aromatic rings. The van der Waals surface area contributed by atoms with Gasteiger partial charge in [-0.3, -0.25) is 14.7 Å². The Kier molecular flexibility index (Phi) is 3.62. The SMILES string of the molecule is CSC1=NCCN1C(=O)Cc1ccccc1. The van der Waals surface area contributed by atoms with Crippen LogP contribution < -0.4 is 0 Å². The summed E-state index contributed by atoms with van der Waals surface area (Å²) in [6, 6.07) is 9.82. The van der Waals surface area contributed by atoms with Crippen LogP contribution in [0.2, 0.25) is 0 Å². The number of carbonyl (C=O) groups is 1. The molecule has 0 saturated carbocycles. The summed E-state index contributed by atoms with van der Waals surface area (Å²) in [5.74, 6) is 0.136. The third kappa shape index (κ3) is 2.44. The zero-order valence-corrected chi connectivity index (χ0v) is 10.0. The van der Waals surface area contributed by atoms with Crippen LogP contribution in [0.1, 0.15) is 5.56 Å². The molecule has 0 atom stereocenters. The van der Waals surface area contributed by atoms with Crippen LogP contribution in [0, 0.1) is 0 Å². The minimum atomic E-state index is 0.136. The van der Waals surface area contributed by atoms with Crippen molar-refractivity contribution in [3.63, 3.8) is 0 Å². The van der Waals surface area contributed by atoms with Crippen LogP contribution in [0.4, 0.5) is 0 Å². The first-order chi connectivity index (χ1) is 7.81. The molecule has 1 aromatic carbocycles. The van der Waals surface area contributed by atoms with Gasteiger partial charge in [-0.15, -0.1) is 0 Å². The first kappa shape index (κ1) is 11.2. The molecule has 0 spiro atoms. The van der Waals surface area contributed by atoms with Crippen LogP contribution in [-0.4, -0.2) is 35.3 Å². The fourth-order valence-electron chi connectivity index (χ4n) is 1.70. The molecule has 1 aliphatic heterocycles. The van der Waals surface area contributed by atoms with Gasteiger partial charge in [0.1, 0.15) is 0 Å². The van der Waals surface area contributed by atoms with Crippen molar-refractivity contribution in [1.29, 1.82) is 0 Å². The molecule has 2 rings (SSSR count). The van der Waals surface area contributed by atoms with Gasteiger partial charge in [0.05, 0.1) is 13.0 Å². The van der Waals surface area contributed by atoms with Crippen molar-refractivity contribution < 1.29 is 4.79 Å². The number of carbonyl (C=O) groups excluding carboxylic acids is 1. The molecule has 0 unspecified atom stereocenters. The summed E-state index contributed by atoms with van der Waals surface area (Å²) in [6.45, 7) is 1.46. The summed E-state index contributed by atoms with van der Waals surface area (Å²) in [6.07, 6.45) is 2.41. The predicted octanol–water partition coefficient (Wildman–Crippen LogP) is 1.79. The van der Waals surface area contributed by atoms with E-state index < -0.39 is 0 Å². The Labute approximate surface area is 99.6 Å². The van der Waals surface area contributed by atoms with E-state index in [1.165, 1.54) is 11.8 Å². The summed E-state index contributed by atoms with van der Waals surface area (Å²) in [5.41, 5.74) is 1.06. The maximum absolute atomic E-state index is 12.0. The van der Waals surface area contributed by atoms with Gasteiger partial charge >= 0.3 is 0 Å². The number of benzene rings is 1. The molecular formula is C12H14N2OS. The first-order valence-corrected chi connectivity index (χ1v) is 6.46. The van der Waals surface area contributed by atoms with Crippen LogP contribution in [0.5, 0.6) is 0 Å². The van der Waals surface area contributed by atoms with Gasteiger partial charge in [-0.2, -0.15) is 0 Å². The molecular weight excluding hydrogens is 220 g/mol. The van der Waals surface area contributed by atoms with Crippen molar-refractivity contribution in [3.05, 3.63) is 35.9 Å². The lowest BCUT2D eigenvalue weighted by Crippen LogP contribution is -2.33. The molecule has 4 heteroatoms. The Morgan fingerprint density at radius 1 is 1.44 bits per heavy atom. The van der Waals surface area contributed by atoms with E-state index in [-0.39, 0.29) is 5.91 Å². The largest absolute Gasteiger partial charge is 0.289 e. The Hall–Kier alpha value is -1.29. The second-order valence-electron chi connectivity index (χ2n) is 3.58. The van der Waals surface area contributed by atoms with Crippen LogP contribution in [0.3, 0.4) is 0 Å². The molecule has 0 fully saturated rings. The fraction of sp³-hybridized carbons (Fsp3) is 0.333. The number of rotatable bonds is 2. The highest BCUT2D eigenvalue weighted by atomic mass is 32.2. The highest BCUT2D eigenvalue weighted by Gasteiger charge is 2.22. The normalized spacial score (nSPS) is 15.1. The predicted molar refractivity (Wildman–Crippen MR) is 67.7 cm³/mol. The van der Waals surface area contributed by atoms with E-state index >= 15 is 0 Å². The van der Waals surface area contributed by atoms with E-state index in [1.807, 2.05) is 36.6 Å². The monoisotopic (exact) mass is 234 g/mol. The smallest absolute Gasteiger partial charge is 0.233 e. The second-order valence-corrected chi connectivity index (χ2v) is 4.35. The number of aliphatic imine (C=N–C) groups is 1. The van der Waals surface area contributed by atoms with Crippen molar-refractivity contribution in [2.24, 2.45) is 4.99 Å². The molecule has 0 saturated heterocycles. The topological polar surface area (TPSA) is 32.7 Å². The highest BCUT2D eigenvalue weighted by molar-refractivity contribution is 8.13. The standard InChI is InChI=1S/C12H14N2OS/c1-16-12-13-7-8-14(12)11(15)9-10-5-3-2-4-6-10/h2-6H,7-9H2,1H3. The highest BCUT2D eigenvalue weighted by Crippen LogP contribution is 2.13. The molecule has 0 N–H and O–H groups in total. The minimum Gasteiger partial charge on any atom is -0.289 e. The average molecular weight is 234 g/mol. The summed E-state index contributed by atoms with van der Waals surface area (Å²) >= 11 is 1.53. The van der Waals surface area contributed by atoms with Gasteiger partial charge in [0.15, 0.2) is 5.17 Å². The minimum absolute atomic E-state index is 0.136. The van der Waals surface area contributed by atoms with Crippen LogP contribution in [-0.2, 0) is 11.2 Å². The van der Waals surface area contributed by atoms with E-state index in [2.05, 4.69) is 4.99 Å². The van der Waals surface area contributed by atoms with Crippen LogP contribution >= 0.6 is 11.8 Å². The average Bonchev–Trinajstić information content (AvgIpc) is 2.78. The fourth-order valence-corrected chi connectivity index (χ4v) is 2.33. The lowest BCUT2D eigenvalue weighted by Gasteiger charge is -2.16. The third-order valence-corrected chi connectivity index (χ3v) is 3.20. The Morgan fingerprint density at radius 2 is 2.19 bits per heavy atom. The van der Waals surface area contributed by atoms with E-state index in [0.717, 1.165) is 23.8 Å². The van der Waals surface area contributed by atoms with Gasteiger partial charge in [0.25, 0.3) is 0 Å². The van der Waals surface area contributed by atoms with Gasteiger partial charge in [-0.1, -0.05) is 42.1 Å². The number of nitrogens with zero attached hydrogens (tertiary/aromatic N) is 2. The third-order valence-electron chi connectivity index (χ3n) is 2.48. The van der Waals surface area contributed by atoms with Gasteiger partial charge in [-0.05, 0) is 11.8 Å². The van der Waals surface area contributed by atoms with E-state index in [1.54, 1.807) is 4.90 Å². The van der Waals surface area contributed by atoms with Gasteiger partial charge in [0, 0.05) is 6.54 Å². The van der Waals surface area contributed by atoms with Gasteiger partial charge < -0.3 is 0 Å². The quantitative estimate of drug-likeness (QED) is 0.781. The Balaban J connectivity index is 2.01. The summed E-state index contributed by atoms with van der Waals surface area (Å²) in [4.78, 5) is 18.1. The maximum atomic E-state index is 12.0. The lowest BCUT2D eigenvalue weighted by molar-refractivity contribution is -0.126. The number of thioether (sulfide) groups is 1. The van der Waals surface area contributed by atoms with Crippen molar-refractivity contribution >= 4 is 22.8 Å². The Bertz CT molecular complexity index is 403. The first-order valence-electron chi connectivity index (χ1n) is 5.24. The van der Waals surface area contributed by atoms with E-state index in [4.69, 9.17) is 0 Å². The molecule has 0 bridgehead atoms. The summed E-state index contributed by atoms with van der Waals surface area (Å²) in [7, 11) is 0. The molecule has 16 heavy (non-hydrogen) atoms. The summed E-state index contributed by atoms with van der Waals surface area (Å²) < 4.78 is 0. The molecule has 1 heterocycles. The number of hydrogen-bond acceptors (Lipinski definition) is 3. The molecule has 0 radical (unpaired) electrons. The van der Waals surface area contributed by atoms with Gasteiger partial charge in [-0.25, -0.2) is 0 Å². The number of hydrogen-bond donors (Lipinski definition) is 0.